The summed E-state index contributed by atoms with van der Waals surface area (Å²) in [7, 11) is -3.54. The zero-order chi connectivity index (χ0) is 18.6. The van der Waals surface area contributed by atoms with Gasteiger partial charge in [-0.25, -0.2) is 8.42 Å². The normalized spacial score (nSPS) is 16.5. The zero-order valence-corrected chi connectivity index (χ0v) is 16.3. The fourth-order valence-electron chi connectivity index (χ4n) is 2.98. The summed E-state index contributed by atoms with van der Waals surface area (Å²) in [6, 6.07) is 14.5. The molecule has 0 saturated carbocycles. The van der Waals surface area contributed by atoms with Crippen molar-refractivity contribution in [2.75, 3.05) is 39.3 Å². The Bertz CT molecular complexity index is 849. The third-order valence-electron chi connectivity index (χ3n) is 4.45. The van der Waals surface area contributed by atoms with Gasteiger partial charge in [-0.15, -0.1) is 0 Å². The second-order valence-corrected chi connectivity index (χ2v) is 8.65. The van der Waals surface area contributed by atoms with Crippen LogP contribution in [0.2, 0.25) is 5.02 Å². The van der Waals surface area contributed by atoms with Gasteiger partial charge in [0.05, 0.1) is 5.02 Å². The number of ether oxygens (including phenoxy) is 1. The molecular weight excluding hydrogens is 372 g/mol. The van der Waals surface area contributed by atoms with Crippen molar-refractivity contribution in [1.29, 1.82) is 0 Å². The molecule has 0 unspecified atom stereocenters. The molecule has 0 atom stereocenters. The Balaban J connectivity index is 1.50. The van der Waals surface area contributed by atoms with Gasteiger partial charge in [0.2, 0.25) is 10.0 Å². The first kappa shape index (κ1) is 19.2. The van der Waals surface area contributed by atoms with E-state index < -0.39 is 10.0 Å². The Hall–Kier alpha value is -1.60. The number of halogens is 1. The number of nitrogens with zero attached hydrogens (tertiary/aromatic N) is 2. The molecule has 26 heavy (non-hydrogen) atoms. The number of rotatable bonds is 6. The van der Waals surface area contributed by atoms with Gasteiger partial charge in [0.25, 0.3) is 0 Å². The van der Waals surface area contributed by atoms with Crippen LogP contribution in [0.4, 0.5) is 0 Å². The molecule has 0 aliphatic carbocycles. The van der Waals surface area contributed by atoms with Gasteiger partial charge in [-0.1, -0.05) is 35.9 Å². The van der Waals surface area contributed by atoms with Crippen LogP contribution in [0.1, 0.15) is 5.56 Å². The molecule has 0 spiro atoms. The molecule has 0 amide bonds. The highest BCUT2D eigenvalue weighted by molar-refractivity contribution is 7.89. The van der Waals surface area contributed by atoms with Crippen molar-refractivity contribution in [2.24, 2.45) is 0 Å². The van der Waals surface area contributed by atoms with Crippen LogP contribution < -0.4 is 4.74 Å². The van der Waals surface area contributed by atoms with Crippen LogP contribution in [-0.2, 0) is 10.0 Å². The van der Waals surface area contributed by atoms with Crippen LogP contribution in [0.15, 0.2) is 53.4 Å². The van der Waals surface area contributed by atoms with Crippen LogP contribution in [0.5, 0.6) is 5.75 Å². The molecule has 1 fully saturated rings. The van der Waals surface area contributed by atoms with Crippen molar-refractivity contribution in [1.82, 2.24) is 9.21 Å². The molecule has 1 aliphatic rings. The second kappa shape index (κ2) is 8.39. The van der Waals surface area contributed by atoms with E-state index in [1.54, 1.807) is 24.3 Å². The van der Waals surface area contributed by atoms with E-state index in [2.05, 4.69) is 4.90 Å². The van der Waals surface area contributed by atoms with Crippen molar-refractivity contribution < 1.29 is 13.2 Å². The Morgan fingerprint density at radius 3 is 2.46 bits per heavy atom. The van der Waals surface area contributed by atoms with E-state index in [0.717, 1.165) is 12.3 Å². The van der Waals surface area contributed by atoms with Crippen LogP contribution in [0, 0.1) is 6.92 Å². The van der Waals surface area contributed by atoms with Gasteiger partial charge >= 0.3 is 0 Å². The molecule has 140 valence electrons. The van der Waals surface area contributed by atoms with E-state index in [1.165, 1.54) is 9.87 Å². The predicted octanol–water partition coefficient (Wildman–Crippen LogP) is 3.03. The molecule has 1 heterocycles. The molecule has 0 bridgehead atoms. The molecule has 2 aromatic carbocycles. The quantitative estimate of drug-likeness (QED) is 0.755. The van der Waals surface area contributed by atoms with Crippen LogP contribution in [0.3, 0.4) is 0 Å². The molecule has 2 aromatic rings. The third kappa shape index (κ3) is 4.57. The maximum absolute atomic E-state index is 12.7. The summed E-state index contributed by atoms with van der Waals surface area (Å²) >= 11 is 6.06. The molecule has 0 aromatic heterocycles. The first-order chi connectivity index (χ1) is 12.5. The summed E-state index contributed by atoms with van der Waals surface area (Å²) in [5.41, 5.74) is 1.17. The number of hydrogen-bond acceptors (Lipinski definition) is 4. The second-order valence-electron chi connectivity index (χ2n) is 6.34. The summed E-state index contributed by atoms with van der Waals surface area (Å²) in [4.78, 5) is 2.40. The van der Waals surface area contributed by atoms with Gasteiger partial charge < -0.3 is 4.74 Å². The lowest BCUT2D eigenvalue weighted by Gasteiger charge is -2.34. The Kier molecular flexibility index (Phi) is 6.19. The molecule has 5 nitrogen and oxygen atoms in total. The zero-order valence-electron chi connectivity index (χ0n) is 14.8. The van der Waals surface area contributed by atoms with Gasteiger partial charge in [0.1, 0.15) is 17.3 Å². The van der Waals surface area contributed by atoms with Crippen molar-refractivity contribution in [3.8, 4) is 5.75 Å². The van der Waals surface area contributed by atoms with E-state index >= 15 is 0 Å². The summed E-state index contributed by atoms with van der Waals surface area (Å²) in [6.07, 6.45) is 0. The van der Waals surface area contributed by atoms with Crippen molar-refractivity contribution in [3.05, 3.63) is 59.1 Å². The lowest BCUT2D eigenvalue weighted by molar-refractivity contribution is 0.159. The molecular formula is C19H23ClN2O3S. The van der Waals surface area contributed by atoms with Crippen LogP contribution in [-0.4, -0.2) is 57.0 Å². The first-order valence-electron chi connectivity index (χ1n) is 8.63. The molecule has 1 saturated heterocycles. The lowest BCUT2D eigenvalue weighted by Crippen LogP contribution is -2.49. The monoisotopic (exact) mass is 394 g/mol. The maximum Gasteiger partial charge on any atom is 0.244 e. The van der Waals surface area contributed by atoms with E-state index in [-0.39, 0.29) is 9.92 Å². The Morgan fingerprint density at radius 1 is 1.04 bits per heavy atom. The number of hydrogen-bond donors (Lipinski definition) is 0. The number of benzene rings is 2. The summed E-state index contributed by atoms with van der Waals surface area (Å²) in [6.45, 7) is 5.66. The van der Waals surface area contributed by atoms with E-state index in [4.69, 9.17) is 16.3 Å². The summed E-state index contributed by atoms with van der Waals surface area (Å²) in [5.74, 6) is 0.866. The van der Waals surface area contributed by atoms with Crippen LogP contribution >= 0.6 is 11.6 Å². The third-order valence-corrected chi connectivity index (χ3v) is 6.85. The molecule has 0 radical (unpaired) electrons. The fourth-order valence-corrected chi connectivity index (χ4v) is 4.90. The molecule has 0 N–H and O–H groups in total. The maximum atomic E-state index is 12.7. The van der Waals surface area contributed by atoms with Crippen LogP contribution in [0.25, 0.3) is 0 Å². The largest absolute Gasteiger partial charge is 0.492 e. The predicted molar refractivity (Wildman–Crippen MR) is 103 cm³/mol. The molecule has 7 heteroatoms. The fraction of sp³-hybridized carbons (Fsp3) is 0.368. The van der Waals surface area contributed by atoms with E-state index in [9.17, 15) is 8.42 Å². The average Bonchev–Trinajstić information content (AvgIpc) is 2.62. The van der Waals surface area contributed by atoms with Crippen molar-refractivity contribution in [2.45, 2.75) is 11.8 Å². The van der Waals surface area contributed by atoms with Gasteiger partial charge in [-0.2, -0.15) is 4.31 Å². The molecule has 1 aliphatic heterocycles. The minimum absolute atomic E-state index is 0.179. The SMILES string of the molecule is Cc1cccc(OCCN2CCN(S(=O)(=O)c3ccccc3Cl)CC2)c1. The van der Waals surface area contributed by atoms with Crippen molar-refractivity contribution in [3.63, 3.8) is 0 Å². The highest BCUT2D eigenvalue weighted by Gasteiger charge is 2.29. The Morgan fingerprint density at radius 2 is 1.77 bits per heavy atom. The average molecular weight is 395 g/mol. The Labute approximate surface area is 160 Å². The topological polar surface area (TPSA) is 49.9 Å². The number of piperazine rings is 1. The highest BCUT2D eigenvalue weighted by Crippen LogP contribution is 2.25. The highest BCUT2D eigenvalue weighted by atomic mass is 35.5. The van der Waals surface area contributed by atoms with E-state index in [0.29, 0.717) is 32.8 Å². The smallest absolute Gasteiger partial charge is 0.244 e. The van der Waals surface area contributed by atoms with Crippen molar-refractivity contribution >= 4 is 21.6 Å². The number of sulfonamides is 1. The minimum atomic E-state index is -3.54. The van der Waals surface area contributed by atoms with Gasteiger partial charge in [0, 0.05) is 32.7 Å². The molecule has 3 rings (SSSR count). The lowest BCUT2D eigenvalue weighted by atomic mass is 10.2. The first-order valence-corrected chi connectivity index (χ1v) is 10.4. The minimum Gasteiger partial charge on any atom is -0.492 e. The van der Waals surface area contributed by atoms with Gasteiger partial charge in [0.15, 0.2) is 0 Å². The summed E-state index contributed by atoms with van der Waals surface area (Å²) in [5, 5.41) is 0.265. The number of aryl methyl sites for hydroxylation is 1. The van der Waals surface area contributed by atoms with Gasteiger partial charge in [-0.05, 0) is 36.8 Å². The standard InChI is InChI=1S/C19H23ClN2O3S/c1-16-5-4-6-17(15-16)25-14-13-21-9-11-22(12-10-21)26(23,24)19-8-3-2-7-18(19)20/h2-8,15H,9-14H2,1H3. The van der Waals surface area contributed by atoms with Gasteiger partial charge in [-0.3, -0.25) is 4.90 Å². The van der Waals surface area contributed by atoms with E-state index in [1.807, 2.05) is 31.2 Å². The summed E-state index contributed by atoms with van der Waals surface area (Å²) < 4.78 is 32.8.